The van der Waals surface area contributed by atoms with E-state index in [0.29, 0.717) is 5.95 Å². The summed E-state index contributed by atoms with van der Waals surface area (Å²) >= 11 is 5.82. The van der Waals surface area contributed by atoms with Gasteiger partial charge in [-0.25, -0.2) is 4.99 Å². The second kappa shape index (κ2) is 7.46. The average molecular weight is 368 g/mol. The van der Waals surface area contributed by atoms with Crippen molar-refractivity contribution in [2.75, 3.05) is 0 Å². The summed E-state index contributed by atoms with van der Waals surface area (Å²) in [6.07, 6.45) is 3.57. The minimum Gasteiger partial charge on any atom is -0.455 e. The predicted octanol–water partition coefficient (Wildman–Crippen LogP) is 3.87. The highest BCUT2D eigenvalue weighted by Crippen LogP contribution is 2.39. The number of benzene rings is 1. The lowest BCUT2D eigenvalue weighted by atomic mass is 9.90. The Hall–Kier alpha value is -1.70. The van der Waals surface area contributed by atoms with E-state index in [2.05, 4.69) is 4.99 Å². The third-order valence-corrected chi connectivity index (χ3v) is 3.73. The molecule has 0 atom stereocenters. The molecule has 1 saturated heterocycles. The predicted molar refractivity (Wildman–Crippen MR) is 86.7 cm³/mol. The molecule has 1 aromatic rings. The van der Waals surface area contributed by atoms with E-state index < -0.39 is 7.25 Å². The van der Waals surface area contributed by atoms with Gasteiger partial charge in [-0.2, -0.15) is 0 Å². The van der Waals surface area contributed by atoms with Gasteiger partial charge in [0.2, 0.25) is 5.69 Å². The smallest absolute Gasteiger partial charge is 0.455 e. The maximum Gasteiger partial charge on any atom is 0.673 e. The van der Waals surface area contributed by atoms with Crippen LogP contribution in [0.3, 0.4) is 0 Å². The lowest BCUT2D eigenvalue weighted by Crippen LogP contribution is -2.60. The van der Waals surface area contributed by atoms with Crippen LogP contribution in [-0.2, 0) is 9.47 Å². The minimum atomic E-state index is -6.00. The summed E-state index contributed by atoms with van der Waals surface area (Å²) in [7, 11) is -6.00. The fourth-order valence-electron chi connectivity index (χ4n) is 1.59. The van der Waals surface area contributed by atoms with Crippen LogP contribution in [0.5, 0.6) is 0 Å². The Balaban J connectivity index is 0.000000505. The first-order valence-corrected chi connectivity index (χ1v) is 7.49. The number of allylic oxidation sites excluding steroid dienone is 1. The van der Waals surface area contributed by atoms with Crippen LogP contribution in [0.25, 0.3) is 0 Å². The first kappa shape index (κ1) is 20.3. The Morgan fingerprint density at radius 3 is 1.79 bits per heavy atom. The number of rotatable bonds is 2. The Morgan fingerprint density at radius 2 is 1.38 bits per heavy atom. The van der Waals surface area contributed by atoms with Crippen LogP contribution in [-0.4, -0.2) is 24.7 Å². The molecule has 1 aliphatic rings. The average Bonchev–Trinajstić information content (AvgIpc) is 2.58. The van der Waals surface area contributed by atoms with Crippen molar-refractivity contribution in [2.45, 2.75) is 38.9 Å². The molecule has 0 spiro atoms. The van der Waals surface area contributed by atoms with Crippen LogP contribution in [0, 0.1) is 0 Å². The van der Waals surface area contributed by atoms with Crippen molar-refractivity contribution < 1.29 is 31.7 Å². The van der Waals surface area contributed by atoms with Gasteiger partial charge in [-0.3, -0.25) is 0 Å². The number of hydrogen-bond donors (Lipinski definition) is 1. The Labute approximate surface area is 143 Å². The van der Waals surface area contributed by atoms with E-state index in [1.807, 2.05) is 52.0 Å². The van der Waals surface area contributed by atoms with Gasteiger partial charge >= 0.3 is 7.25 Å². The highest BCUT2D eigenvalue weighted by molar-refractivity contribution is 6.50. The molecule has 1 aliphatic heterocycles. The van der Waals surface area contributed by atoms with Crippen LogP contribution < -0.4 is 4.99 Å². The molecule has 1 aromatic carbocycles. The molecule has 0 aliphatic carbocycles. The fourth-order valence-corrected chi connectivity index (χ4v) is 1.72. The van der Waals surface area contributed by atoms with Gasteiger partial charge in [0.05, 0.1) is 6.08 Å². The lowest BCUT2D eigenvalue weighted by Gasteiger charge is -2.28. The largest absolute Gasteiger partial charge is 0.673 e. The Morgan fingerprint density at radius 1 is 0.958 bits per heavy atom. The molecule has 0 unspecified atom stereocenters. The van der Waals surface area contributed by atoms with E-state index in [1.165, 1.54) is 0 Å². The Bertz CT molecular complexity index is 589. The third kappa shape index (κ3) is 6.82. The summed E-state index contributed by atoms with van der Waals surface area (Å²) in [6, 6.07) is 7.47. The lowest BCUT2D eigenvalue weighted by molar-refractivity contribution is -0.346. The summed E-state index contributed by atoms with van der Waals surface area (Å²) in [6.45, 7) is 8.06. The van der Waals surface area contributed by atoms with Gasteiger partial charge in [-0.1, -0.05) is 11.6 Å². The van der Waals surface area contributed by atoms with Gasteiger partial charge in [-0.05, 0) is 39.8 Å². The molecule has 3 nitrogen and oxygen atoms in total. The second-order valence-corrected chi connectivity index (χ2v) is 6.46. The van der Waals surface area contributed by atoms with Crippen LogP contribution in [0.2, 0.25) is 5.02 Å². The molecule has 24 heavy (non-hydrogen) atoms. The third-order valence-electron chi connectivity index (χ3n) is 3.48. The zero-order valence-corrected chi connectivity index (χ0v) is 14.5. The molecule has 1 heterocycles. The zero-order valence-electron chi connectivity index (χ0n) is 13.7. The number of nitrogens with one attached hydrogen (secondary N) is 1. The number of hydrogen-bond acceptors (Lipinski definition) is 2. The molecule has 2 rings (SSSR count). The van der Waals surface area contributed by atoms with E-state index >= 15 is 0 Å². The van der Waals surface area contributed by atoms with Crippen molar-refractivity contribution >= 4 is 30.8 Å². The highest BCUT2D eigenvalue weighted by Gasteiger charge is 2.48. The first-order chi connectivity index (χ1) is 10.8. The van der Waals surface area contributed by atoms with Crippen LogP contribution >= 0.6 is 11.6 Å². The summed E-state index contributed by atoms with van der Waals surface area (Å²) in [5.74, 6) is 0.525. The minimum absolute atomic E-state index is 0.340. The van der Waals surface area contributed by atoms with Crippen molar-refractivity contribution in [1.29, 1.82) is 0 Å². The van der Waals surface area contributed by atoms with Crippen molar-refractivity contribution in [3.05, 3.63) is 41.3 Å². The molecule has 1 fully saturated rings. The summed E-state index contributed by atoms with van der Waals surface area (Å²) in [4.78, 5) is 3.13. The normalized spacial score (nSPS) is 18.5. The van der Waals surface area contributed by atoms with E-state index in [9.17, 15) is 17.3 Å². The zero-order chi connectivity index (χ0) is 18.6. The molecule has 0 bridgehead atoms. The van der Waals surface area contributed by atoms with Gasteiger partial charge in [0.25, 0.3) is 5.95 Å². The maximum absolute atomic E-state index is 9.75. The fraction of sp³-hybridized carbons (Fsp3) is 0.400. The van der Waals surface area contributed by atoms with Gasteiger partial charge in [0.1, 0.15) is 11.2 Å². The first-order valence-electron chi connectivity index (χ1n) is 7.11. The van der Waals surface area contributed by atoms with E-state index in [1.54, 1.807) is 12.3 Å². The molecular weight excluding hydrogens is 348 g/mol. The number of halogens is 5. The molecule has 1 N–H and O–H groups in total. The van der Waals surface area contributed by atoms with Crippen LogP contribution in [0.15, 0.2) is 36.3 Å². The van der Waals surface area contributed by atoms with E-state index in [-0.39, 0.29) is 11.2 Å². The van der Waals surface area contributed by atoms with Gasteiger partial charge < -0.3 is 26.7 Å². The van der Waals surface area contributed by atoms with Gasteiger partial charge in [0, 0.05) is 17.2 Å². The standard InChI is InChI=1S/C15H18ClNO2.BF4/c1-14(2)15(3,4)19-13(18-14)9-10-17-12-7-5-11(16)6-8-12;2-1(3,4)5/h5-10H,1-4H3;/q;-1/p+1. The molecule has 0 saturated carbocycles. The monoisotopic (exact) mass is 367 g/mol. The molecule has 0 amide bonds. The van der Waals surface area contributed by atoms with Gasteiger partial charge in [0.15, 0.2) is 6.21 Å². The highest BCUT2D eigenvalue weighted by atomic mass is 35.5. The summed E-state index contributed by atoms with van der Waals surface area (Å²) < 4.78 is 50.5. The second-order valence-electron chi connectivity index (χ2n) is 6.02. The van der Waals surface area contributed by atoms with Crippen molar-refractivity contribution in [1.82, 2.24) is 0 Å². The maximum atomic E-state index is 9.75. The Kier molecular flexibility index (Phi) is 6.33. The molecule has 0 aromatic heterocycles. The SMILES string of the molecule is CC1(C)OC(=CC=[NH+]c2ccc(Cl)cc2)OC1(C)C.F[B-](F)(F)F. The van der Waals surface area contributed by atoms with E-state index in [0.717, 1.165) is 10.7 Å². The van der Waals surface area contributed by atoms with Crippen LogP contribution in [0.4, 0.5) is 23.0 Å². The van der Waals surface area contributed by atoms with Crippen molar-refractivity contribution in [3.8, 4) is 0 Å². The molecule has 134 valence electrons. The topological polar surface area (TPSA) is 32.4 Å². The molecule has 9 heteroatoms. The van der Waals surface area contributed by atoms with E-state index in [4.69, 9.17) is 21.1 Å². The number of ether oxygens (including phenoxy) is 2. The quantitative estimate of drug-likeness (QED) is 0.489. The van der Waals surface area contributed by atoms with Crippen molar-refractivity contribution in [3.63, 3.8) is 0 Å². The summed E-state index contributed by atoms with van der Waals surface area (Å²) in [5, 5.41) is 0.717. The summed E-state index contributed by atoms with van der Waals surface area (Å²) in [5.41, 5.74) is 0.276. The van der Waals surface area contributed by atoms with Crippen LogP contribution in [0.1, 0.15) is 27.7 Å². The van der Waals surface area contributed by atoms with Crippen molar-refractivity contribution in [2.24, 2.45) is 0 Å². The van der Waals surface area contributed by atoms with Gasteiger partial charge in [-0.15, -0.1) is 0 Å². The molecular formula is C15H19BClF4NO2. The molecule has 0 radical (unpaired) electrons.